The summed E-state index contributed by atoms with van der Waals surface area (Å²) < 4.78 is 24.3. The Morgan fingerprint density at radius 3 is 2.48 bits per heavy atom. The van der Waals surface area contributed by atoms with Gasteiger partial charge in [-0.1, -0.05) is 23.4 Å². The third-order valence-electron chi connectivity index (χ3n) is 4.21. The van der Waals surface area contributed by atoms with Crippen molar-refractivity contribution >= 4 is 56.0 Å². The van der Waals surface area contributed by atoms with E-state index >= 15 is 0 Å². The zero-order chi connectivity index (χ0) is 22.0. The number of rotatable bonds is 6. The summed E-state index contributed by atoms with van der Waals surface area (Å²) in [7, 11) is -3.78. The molecule has 158 valence electrons. The lowest BCUT2D eigenvalue weighted by molar-refractivity contribution is -0.113. The van der Waals surface area contributed by atoms with Crippen molar-refractivity contribution in [1.29, 1.82) is 0 Å². The van der Waals surface area contributed by atoms with Crippen LogP contribution < -0.4 is 10.5 Å². The first-order valence-electron chi connectivity index (χ1n) is 8.81. The Morgan fingerprint density at radius 1 is 1.10 bits per heavy atom. The second-order valence-electron chi connectivity index (χ2n) is 6.36. The van der Waals surface area contributed by atoms with Gasteiger partial charge in [-0.05, 0) is 48.5 Å². The fourth-order valence-corrected chi connectivity index (χ4v) is 4.17. The average Bonchev–Trinajstić information content (AvgIpc) is 3.17. The SMILES string of the molecule is NS(=O)(=O)c1ccc(NC(=O)CSc2ncnc3c2cnn3-c2ccc(Cl)cc2)cc1. The van der Waals surface area contributed by atoms with Gasteiger partial charge in [-0.25, -0.2) is 28.2 Å². The predicted octanol–water partition coefficient (Wildman–Crippen LogP) is 2.85. The van der Waals surface area contributed by atoms with Gasteiger partial charge in [0.2, 0.25) is 15.9 Å². The van der Waals surface area contributed by atoms with Crippen molar-refractivity contribution in [1.82, 2.24) is 19.7 Å². The fraction of sp³-hybridized carbons (Fsp3) is 0.0526. The second-order valence-corrected chi connectivity index (χ2v) is 9.32. The number of benzene rings is 2. The molecule has 0 aliphatic carbocycles. The molecule has 0 radical (unpaired) electrons. The largest absolute Gasteiger partial charge is 0.325 e. The van der Waals surface area contributed by atoms with Gasteiger partial charge in [0, 0.05) is 10.7 Å². The fourth-order valence-electron chi connectivity index (χ4n) is 2.77. The molecule has 0 spiro atoms. The highest BCUT2D eigenvalue weighted by atomic mass is 35.5. The number of halogens is 1. The maximum atomic E-state index is 12.3. The van der Waals surface area contributed by atoms with Gasteiger partial charge in [-0.15, -0.1) is 0 Å². The van der Waals surface area contributed by atoms with Gasteiger partial charge < -0.3 is 5.32 Å². The molecule has 1 amide bonds. The minimum atomic E-state index is -3.78. The van der Waals surface area contributed by atoms with Crippen LogP contribution in [0.4, 0.5) is 5.69 Å². The first-order valence-corrected chi connectivity index (χ1v) is 11.7. The second kappa shape index (κ2) is 8.63. The van der Waals surface area contributed by atoms with Crippen LogP contribution in [-0.2, 0) is 14.8 Å². The van der Waals surface area contributed by atoms with E-state index in [0.29, 0.717) is 26.8 Å². The highest BCUT2D eigenvalue weighted by molar-refractivity contribution is 8.00. The van der Waals surface area contributed by atoms with Crippen LogP contribution in [0, 0.1) is 0 Å². The number of hydrogen-bond acceptors (Lipinski definition) is 7. The Balaban J connectivity index is 1.46. The zero-order valence-corrected chi connectivity index (χ0v) is 18.2. The number of carbonyl (C=O) groups is 1. The summed E-state index contributed by atoms with van der Waals surface area (Å²) in [6.45, 7) is 0. The number of hydrogen-bond donors (Lipinski definition) is 2. The number of carbonyl (C=O) groups excluding carboxylic acids is 1. The molecule has 12 heteroatoms. The Bertz CT molecular complexity index is 1360. The third kappa shape index (κ3) is 4.85. The molecule has 0 saturated heterocycles. The number of primary sulfonamides is 1. The maximum absolute atomic E-state index is 12.3. The van der Waals surface area contributed by atoms with Gasteiger partial charge in [-0.3, -0.25) is 4.79 Å². The molecule has 2 heterocycles. The molecule has 0 aliphatic rings. The van der Waals surface area contributed by atoms with Gasteiger partial charge in [-0.2, -0.15) is 5.10 Å². The normalized spacial score (nSPS) is 11.5. The molecule has 0 atom stereocenters. The van der Waals surface area contributed by atoms with Crippen LogP contribution in [0.3, 0.4) is 0 Å². The van der Waals surface area contributed by atoms with Gasteiger partial charge in [0.15, 0.2) is 5.65 Å². The molecular formula is C19H15ClN6O3S2. The number of thioether (sulfide) groups is 1. The number of aromatic nitrogens is 4. The summed E-state index contributed by atoms with van der Waals surface area (Å²) in [5, 5.41) is 14.1. The quantitative estimate of drug-likeness (QED) is 0.324. The van der Waals surface area contributed by atoms with E-state index in [4.69, 9.17) is 16.7 Å². The van der Waals surface area contributed by atoms with E-state index in [1.54, 1.807) is 23.0 Å². The Labute approximate surface area is 186 Å². The van der Waals surface area contributed by atoms with Crippen LogP contribution in [0.2, 0.25) is 5.02 Å². The van der Waals surface area contributed by atoms with E-state index in [1.165, 1.54) is 42.4 Å². The minimum absolute atomic E-state index is 0.0269. The summed E-state index contributed by atoms with van der Waals surface area (Å²) in [4.78, 5) is 20.9. The summed E-state index contributed by atoms with van der Waals surface area (Å²) in [5.74, 6) is -0.181. The van der Waals surface area contributed by atoms with E-state index in [2.05, 4.69) is 20.4 Å². The van der Waals surface area contributed by atoms with Crippen LogP contribution in [0.1, 0.15) is 0 Å². The molecule has 2 aromatic heterocycles. The van der Waals surface area contributed by atoms with Crippen molar-refractivity contribution < 1.29 is 13.2 Å². The molecule has 0 saturated carbocycles. The maximum Gasteiger partial charge on any atom is 0.238 e. The number of sulfonamides is 1. The number of nitrogens with one attached hydrogen (secondary N) is 1. The van der Waals surface area contributed by atoms with Gasteiger partial charge in [0.05, 0.1) is 27.9 Å². The van der Waals surface area contributed by atoms with Crippen LogP contribution in [-0.4, -0.2) is 39.8 Å². The third-order valence-corrected chi connectivity index (χ3v) is 6.39. The molecule has 4 aromatic rings. The zero-order valence-electron chi connectivity index (χ0n) is 15.8. The lowest BCUT2D eigenvalue weighted by atomic mass is 10.3. The van der Waals surface area contributed by atoms with Crippen molar-refractivity contribution in [2.45, 2.75) is 9.92 Å². The van der Waals surface area contributed by atoms with Gasteiger partial charge in [0.1, 0.15) is 11.4 Å². The Morgan fingerprint density at radius 2 is 1.81 bits per heavy atom. The van der Waals surface area contributed by atoms with Crippen LogP contribution in [0.5, 0.6) is 0 Å². The van der Waals surface area contributed by atoms with E-state index in [0.717, 1.165) is 5.69 Å². The molecule has 2 aromatic carbocycles. The molecule has 31 heavy (non-hydrogen) atoms. The van der Waals surface area contributed by atoms with Gasteiger partial charge >= 0.3 is 0 Å². The predicted molar refractivity (Wildman–Crippen MR) is 119 cm³/mol. The molecule has 0 bridgehead atoms. The standard InChI is InChI=1S/C19H15ClN6O3S2/c20-12-1-5-14(6-2-12)26-18-16(9-24-26)19(23-11-22-18)30-10-17(27)25-13-3-7-15(8-4-13)31(21,28)29/h1-9,11H,10H2,(H,25,27)(H2,21,28,29). The topological polar surface area (TPSA) is 133 Å². The first-order chi connectivity index (χ1) is 14.8. The van der Waals surface area contributed by atoms with Crippen molar-refractivity contribution in [3.63, 3.8) is 0 Å². The number of nitrogens with zero attached hydrogens (tertiary/aromatic N) is 4. The van der Waals surface area contributed by atoms with E-state index in [9.17, 15) is 13.2 Å². The highest BCUT2D eigenvalue weighted by Crippen LogP contribution is 2.26. The van der Waals surface area contributed by atoms with Crippen LogP contribution in [0.15, 0.2) is 71.0 Å². The molecule has 9 nitrogen and oxygen atoms in total. The summed E-state index contributed by atoms with van der Waals surface area (Å²) >= 11 is 7.19. The van der Waals surface area contributed by atoms with E-state index in [-0.39, 0.29) is 16.6 Å². The van der Waals surface area contributed by atoms with E-state index in [1.807, 2.05) is 12.1 Å². The Kier molecular flexibility index (Phi) is 5.92. The summed E-state index contributed by atoms with van der Waals surface area (Å²) in [6, 6.07) is 12.8. The molecule has 3 N–H and O–H groups in total. The number of nitrogens with two attached hydrogens (primary N) is 1. The van der Waals surface area contributed by atoms with Crippen LogP contribution in [0.25, 0.3) is 16.7 Å². The molecule has 0 aliphatic heterocycles. The average molecular weight is 475 g/mol. The summed E-state index contributed by atoms with van der Waals surface area (Å²) in [6.07, 6.45) is 3.07. The monoisotopic (exact) mass is 474 g/mol. The molecular weight excluding hydrogens is 460 g/mol. The number of fused-ring (bicyclic) bond motifs is 1. The van der Waals surface area contributed by atoms with E-state index < -0.39 is 10.0 Å². The van der Waals surface area contributed by atoms with Crippen molar-refractivity contribution in [3.8, 4) is 5.69 Å². The lowest BCUT2D eigenvalue weighted by Crippen LogP contribution is -2.15. The molecule has 0 fully saturated rings. The van der Waals surface area contributed by atoms with Gasteiger partial charge in [0.25, 0.3) is 0 Å². The number of anilines is 1. The molecule has 4 rings (SSSR count). The van der Waals surface area contributed by atoms with Crippen molar-refractivity contribution in [2.24, 2.45) is 5.14 Å². The molecule has 0 unspecified atom stereocenters. The Hall–Kier alpha value is -2.99. The van der Waals surface area contributed by atoms with Crippen molar-refractivity contribution in [2.75, 3.05) is 11.1 Å². The lowest BCUT2D eigenvalue weighted by Gasteiger charge is -2.06. The minimum Gasteiger partial charge on any atom is -0.325 e. The first kappa shape index (κ1) is 21.2. The highest BCUT2D eigenvalue weighted by Gasteiger charge is 2.14. The van der Waals surface area contributed by atoms with Crippen molar-refractivity contribution in [3.05, 3.63) is 66.1 Å². The number of amides is 1. The van der Waals surface area contributed by atoms with Crippen LogP contribution >= 0.6 is 23.4 Å². The smallest absolute Gasteiger partial charge is 0.238 e. The summed E-state index contributed by atoms with van der Waals surface area (Å²) in [5.41, 5.74) is 1.87.